The number of nitrogens with zero attached hydrogens (tertiary/aromatic N) is 3. The van der Waals surface area contributed by atoms with Crippen molar-refractivity contribution in [2.24, 2.45) is 0 Å². The lowest BCUT2D eigenvalue weighted by atomic mass is 10.1. The molecule has 0 unspecified atom stereocenters. The van der Waals surface area contributed by atoms with Gasteiger partial charge in [-0.05, 0) is 43.1 Å². The molecule has 0 amide bonds. The molecule has 0 saturated heterocycles. The van der Waals surface area contributed by atoms with Crippen LogP contribution in [0.2, 0.25) is 0 Å². The number of aryl methyl sites for hydroxylation is 2. The lowest BCUT2D eigenvalue weighted by Gasteiger charge is -2.22. The predicted molar refractivity (Wildman–Crippen MR) is 93.6 cm³/mol. The van der Waals surface area contributed by atoms with Gasteiger partial charge in [-0.2, -0.15) is 0 Å². The monoisotopic (exact) mass is 342 g/mol. The number of rotatable bonds is 3. The third-order valence-corrected chi connectivity index (χ3v) is 5.75. The minimum atomic E-state index is -0.217. The number of hydrogen-bond donors (Lipinski definition) is 1. The molecule has 3 heterocycles. The summed E-state index contributed by atoms with van der Waals surface area (Å²) in [6.07, 6.45) is 3.51. The fourth-order valence-corrected chi connectivity index (χ4v) is 4.51. The zero-order valence-electron chi connectivity index (χ0n) is 13.6. The van der Waals surface area contributed by atoms with Crippen LogP contribution in [0.25, 0.3) is 10.2 Å². The molecule has 4 nitrogen and oxygen atoms in total. The topological polar surface area (TPSA) is 44.9 Å². The van der Waals surface area contributed by atoms with Crippen LogP contribution in [-0.2, 0) is 25.9 Å². The Hall–Kier alpha value is -2.05. The van der Waals surface area contributed by atoms with E-state index in [0.29, 0.717) is 12.0 Å². The van der Waals surface area contributed by atoms with Crippen molar-refractivity contribution in [2.45, 2.75) is 25.9 Å². The van der Waals surface area contributed by atoms with E-state index in [1.165, 1.54) is 22.6 Å². The number of fused-ring (bicyclic) bond motifs is 3. The predicted octanol–water partition coefficient (Wildman–Crippen LogP) is 2.95. The van der Waals surface area contributed by atoms with E-state index in [-0.39, 0.29) is 5.82 Å². The van der Waals surface area contributed by atoms with Crippen LogP contribution in [0, 0.1) is 11.2 Å². The smallest absolute Gasteiger partial charge is 0.136 e. The lowest BCUT2D eigenvalue weighted by molar-refractivity contribution is 0.318. The second-order valence-electron chi connectivity index (χ2n) is 6.33. The van der Waals surface area contributed by atoms with Crippen LogP contribution in [0.3, 0.4) is 0 Å². The number of nitrogens with one attached hydrogen (secondary N) is 1. The van der Waals surface area contributed by atoms with Crippen LogP contribution in [0.15, 0.2) is 30.6 Å². The molecule has 1 aromatic carbocycles. The zero-order chi connectivity index (χ0) is 16.7. The molecular weight excluding hydrogens is 323 g/mol. The van der Waals surface area contributed by atoms with E-state index in [4.69, 9.17) is 5.41 Å². The Labute approximate surface area is 143 Å². The molecule has 0 saturated carbocycles. The van der Waals surface area contributed by atoms with Gasteiger partial charge in [0.05, 0.1) is 11.7 Å². The Morgan fingerprint density at radius 3 is 2.88 bits per heavy atom. The van der Waals surface area contributed by atoms with Gasteiger partial charge in [0.1, 0.15) is 16.1 Å². The van der Waals surface area contributed by atoms with Crippen LogP contribution in [0.4, 0.5) is 4.39 Å². The Morgan fingerprint density at radius 1 is 1.29 bits per heavy atom. The number of aromatic nitrogens is 2. The van der Waals surface area contributed by atoms with Crippen molar-refractivity contribution >= 4 is 21.6 Å². The summed E-state index contributed by atoms with van der Waals surface area (Å²) >= 11 is 1.71. The largest absolute Gasteiger partial charge is 0.317 e. The average Bonchev–Trinajstić information content (AvgIpc) is 2.94. The lowest BCUT2D eigenvalue weighted by Crippen LogP contribution is -2.27. The van der Waals surface area contributed by atoms with E-state index in [1.54, 1.807) is 29.8 Å². The highest BCUT2D eigenvalue weighted by Gasteiger charge is 2.21. The van der Waals surface area contributed by atoms with Crippen molar-refractivity contribution in [1.82, 2.24) is 14.5 Å². The molecular formula is C18H19FN4S. The van der Waals surface area contributed by atoms with Gasteiger partial charge in [-0.3, -0.25) is 5.41 Å². The van der Waals surface area contributed by atoms with E-state index in [9.17, 15) is 4.39 Å². The van der Waals surface area contributed by atoms with Gasteiger partial charge in [-0.25, -0.2) is 9.37 Å². The maximum atomic E-state index is 13.0. The highest BCUT2D eigenvalue weighted by atomic mass is 32.1. The second kappa shape index (κ2) is 6.11. The SMILES string of the molecule is CN1CCc2c(sc3ncn(CCc4ccc(F)cc4)c(=N)c23)C1. The van der Waals surface area contributed by atoms with E-state index in [1.807, 2.05) is 4.57 Å². The molecule has 0 radical (unpaired) electrons. The number of hydrogen-bond acceptors (Lipinski definition) is 4. The molecule has 1 N–H and O–H groups in total. The highest BCUT2D eigenvalue weighted by Crippen LogP contribution is 2.31. The number of benzene rings is 1. The normalized spacial score (nSPS) is 14.9. The molecule has 0 spiro atoms. The summed E-state index contributed by atoms with van der Waals surface area (Å²) in [6.45, 7) is 2.66. The summed E-state index contributed by atoms with van der Waals surface area (Å²) in [7, 11) is 2.13. The van der Waals surface area contributed by atoms with E-state index in [2.05, 4.69) is 16.9 Å². The molecule has 0 aliphatic carbocycles. The van der Waals surface area contributed by atoms with Gasteiger partial charge in [0, 0.05) is 24.5 Å². The molecule has 2 aromatic heterocycles. The minimum Gasteiger partial charge on any atom is -0.317 e. The van der Waals surface area contributed by atoms with Crippen molar-refractivity contribution in [3.8, 4) is 0 Å². The van der Waals surface area contributed by atoms with E-state index in [0.717, 1.165) is 41.7 Å². The summed E-state index contributed by atoms with van der Waals surface area (Å²) < 4.78 is 14.9. The summed E-state index contributed by atoms with van der Waals surface area (Å²) in [5.74, 6) is -0.217. The van der Waals surface area contributed by atoms with Gasteiger partial charge in [0.2, 0.25) is 0 Å². The Bertz CT molecular complexity index is 942. The minimum absolute atomic E-state index is 0.217. The highest BCUT2D eigenvalue weighted by molar-refractivity contribution is 7.18. The molecule has 1 aliphatic heterocycles. The molecule has 4 rings (SSSR count). The van der Waals surface area contributed by atoms with Gasteiger partial charge in [-0.1, -0.05) is 12.1 Å². The van der Waals surface area contributed by atoms with Gasteiger partial charge in [-0.15, -0.1) is 11.3 Å². The molecule has 6 heteroatoms. The first-order valence-electron chi connectivity index (χ1n) is 8.09. The molecule has 24 heavy (non-hydrogen) atoms. The summed E-state index contributed by atoms with van der Waals surface area (Å²) in [5.41, 5.74) is 2.92. The standard InChI is InChI=1S/C18H19FN4S/c1-22-8-7-14-15(10-22)24-18-16(14)17(20)23(11-21-18)9-6-12-2-4-13(19)5-3-12/h2-5,11,20H,6-10H2,1H3. The quantitative estimate of drug-likeness (QED) is 0.795. The molecule has 0 bridgehead atoms. The number of thiophene rings is 1. The summed E-state index contributed by atoms with van der Waals surface area (Å²) in [5, 5.41) is 9.62. The Morgan fingerprint density at radius 2 is 2.08 bits per heavy atom. The molecule has 0 atom stereocenters. The van der Waals surface area contributed by atoms with E-state index >= 15 is 0 Å². The molecule has 3 aromatic rings. The third kappa shape index (κ3) is 2.76. The van der Waals surface area contributed by atoms with Crippen molar-refractivity contribution in [3.05, 3.63) is 57.9 Å². The van der Waals surface area contributed by atoms with Crippen molar-refractivity contribution in [3.63, 3.8) is 0 Å². The van der Waals surface area contributed by atoms with Crippen LogP contribution >= 0.6 is 11.3 Å². The number of halogens is 1. The first kappa shape index (κ1) is 15.5. The first-order chi connectivity index (χ1) is 11.6. The third-order valence-electron chi connectivity index (χ3n) is 4.62. The maximum Gasteiger partial charge on any atom is 0.136 e. The second-order valence-corrected chi connectivity index (χ2v) is 7.42. The zero-order valence-corrected chi connectivity index (χ0v) is 14.4. The fourth-order valence-electron chi connectivity index (χ4n) is 3.25. The molecule has 0 fully saturated rings. The van der Waals surface area contributed by atoms with Crippen molar-refractivity contribution < 1.29 is 4.39 Å². The Kier molecular flexibility index (Phi) is 3.94. The number of likely N-dealkylation sites (N-methyl/N-ethyl adjacent to an activating group) is 1. The summed E-state index contributed by atoms with van der Waals surface area (Å²) in [6, 6.07) is 6.56. The van der Waals surface area contributed by atoms with Crippen molar-refractivity contribution in [2.75, 3.05) is 13.6 Å². The Balaban J connectivity index is 1.66. The van der Waals surface area contributed by atoms with E-state index < -0.39 is 0 Å². The molecule has 1 aliphatic rings. The average molecular weight is 342 g/mol. The molecule has 124 valence electrons. The van der Waals surface area contributed by atoms with Gasteiger partial charge in [0.15, 0.2) is 0 Å². The van der Waals surface area contributed by atoms with Gasteiger partial charge >= 0.3 is 0 Å². The fraction of sp³-hybridized carbons (Fsp3) is 0.333. The van der Waals surface area contributed by atoms with Crippen LogP contribution in [-0.4, -0.2) is 28.0 Å². The first-order valence-corrected chi connectivity index (χ1v) is 8.91. The van der Waals surface area contributed by atoms with Crippen LogP contribution in [0.5, 0.6) is 0 Å². The van der Waals surface area contributed by atoms with Gasteiger partial charge < -0.3 is 9.47 Å². The van der Waals surface area contributed by atoms with Gasteiger partial charge in [0.25, 0.3) is 0 Å². The van der Waals surface area contributed by atoms with Crippen LogP contribution in [0.1, 0.15) is 16.0 Å². The van der Waals surface area contributed by atoms with Crippen LogP contribution < -0.4 is 5.49 Å². The van der Waals surface area contributed by atoms with Crippen molar-refractivity contribution in [1.29, 1.82) is 5.41 Å². The summed E-state index contributed by atoms with van der Waals surface area (Å²) in [4.78, 5) is 9.21. The maximum absolute atomic E-state index is 13.0.